The number of hydrogen-bond acceptors (Lipinski definition) is 2. The van der Waals surface area contributed by atoms with E-state index in [9.17, 15) is 9.90 Å². The summed E-state index contributed by atoms with van der Waals surface area (Å²) < 4.78 is 0. The molecule has 0 aliphatic rings. The number of carboxylic acids is 1. The van der Waals surface area contributed by atoms with Crippen LogP contribution in [0.4, 0.5) is 0 Å². The molecule has 20 heavy (non-hydrogen) atoms. The maximum atomic E-state index is 10.8. The van der Waals surface area contributed by atoms with E-state index in [0.29, 0.717) is 11.4 Å². The van der Waals surface area contributed by atoms with Crippen molar-refractivity contribution in [3.8, 4) is 0 Å². The Hall–Kier alpha value is -2.06. The highest BCUT2D eigenvalue weighted by atomic mass is 35.5. The highest BCUT2D eigenvalue weighted by Crippen LogP contribution is 2.21. The minimum atomic E-state index is -1.17. The Morgan fingerprint density at radius 3 is 2.30 bits per heavy atom. The number of allylic oxidation sites excluding steroid dienone is 1. The molecule has 0 aliphatic carbocycles. The van der Waals surface area contributed by atoms with Gasteiger partial charge >= 0.3 is 0 Å². The van der Waals surface area contributed by atoms with Crippen molar-refractivity contribution in [2.75, 3.05) is 0 Å². The molecule has 0 fully saturated rings. The zero-order chi connectivity index (χ0) is 14.4. The molecule has 2 rings (SSSR count). The van der Waals surface area contributed by atoms with E-state index in [4.69, 9.17) is 11.6 Å². The van der Waals surface area contributed by atoms with Crippen LogP contribution in [0.1, 0.15) is 17.5 Å². The number of aliphatic carboxylic acids is 1. The zero-order valence-corrected chi connectivity index (χ0v) is 11.6. The van der Waals surface area contributed by atoms with Gasteiger partial charge in [-0.15, -0.1) is 0 Å². The number of halogens is 1. The van der Waals surface area contributed by atoms with Gasteiger partial charge < -0.3 is 9.90 Å². The molecule has 0 aliphatic heterocycles. The van der Waals surface area contributed by atoms with E-state index in [1.54, 1.807) is 0 Å². The van der Waals surface area contributed by atoms with Crippen molar-refractivity contribution in [1.29, 1.82) is 0 Å². The van der Waals surface area contributed by atoms with Gasteiger partial charge in [0, 0.05) is 5.02 Å². The molecule has 2 aromatic rings. The molecule has 0 amide bonds. The molecule has 0 N–H and O–H groups in total. The van der Waals surface area contributed by atoms with Crippen molar-refractivity contribution in [2.24, 2.45) is 0 Å². The molecule has 3 heteroatoms. The highest BCUT2D eigenvalue weighted by Gasteiger charge is 2.02. The van der Waals surface area contributed by atoms with Crippen LogP contribution >= 0.6 is 11.6 Å². The van der Waals surface area contributed by atoms with Gasteiger partial charge in [0.2, 0.25) is 0 Å². The first-order chi connectivity index (χ1) is 9.65. The molecule has 0 radical (unpaired) electrons. The normalized spacial score (nSPS) is 11.3. The van der Waals surface area contributed by atoms with E-state index in [-0.39, 0.29) is 0 Å². The minimum Gasteiger partial charge on any atom is -0.545 e. The predicted octanol–water partition coefficient (Wildman–Crippen LogP) is 3.11. The summed E-state index contributed by atoms with van der Waals surface area (Å²) in [6.45, 7) is 0. The summed E-state index contributed by atoms with van der Waals surface area (Å²) in [4.78, 5) is 10.8. The third-order valence-electron chi connectivity index (χ3n) is 3.03. The van der Waals surface area contributed by atoms with Gasteiger partial charge in [-0.05, 0) is 47.8 Å². The van der Waals surface area contributed by atoms with E-state index >= 15 is 0 Å². The molecule has 2 nitrogen and oxygen atoms in total. The fourth-order valence-electron chi connectivity index (χ4n) is 2.02. The molecule has 102 valence electrons. The van der Waals surface area contributed by atoms with Gasteiger partial charge in [-0.1, -0.05) is 54.1 Å². The number of carboxylic acid groups (broad SMARTS) is 1. The van der Waals surface area contributed by atoms with Gasteiger partial charge in [0.05, 0.1) is 5.97 Å². The Balaban J connectivity index is 2.13. The van der Waals surface area contributed by atoms with E-state index in [2.05, 4.69) is 0 Å². The third-order valence-corrected chi connectivity index (χ3v) is 3.28. The smallest absolute Gasteiger partial charge is 0.0645 e. The van der Waals surface area contributed by atoms with Crippen LogP contribution < -0.4 is 5.11 Å². The van der Waals surface area contributed by atoms with Crippen LogP contribution in [0.5, 0.6) is 0 Å². The molecular formula is C17H14ClO2-. The average molecular weight is 286 g/mol. The van der Waals surface area contributed by atoms with Crippen LogP contribution in [-0.4, -0.2) is 5.97 Å². The fraction of sp³-hybridized carbons (Fsp3) is 0.118. The van der Waals surface area contributed by atoms with Gasteiger partial charge in [0.15, 0.2) is 0 Å². The Morgan fingerprint density at radius 2 is 1.70 bits per heavy atom. The van der Waals surface area contributed by atoms with Crippen molar-refractivity contribution in [1.82, 2.24) is 0 Å². The summed E-state index contributed by atoms with van der Waals surface area (Å²) in [5.74, 6) is -1.17. The maximum Gasteiger partial charge on any atom is 0.0645 e. The first kappa shape index (κ1) is 14.4. The second-order valence-electron chi connectivity index (χ2n) is 4.48. The number of aryl methyl sites for hydroxylation is 1. The SMILES string of the molecule is O=C([O-])/C=C(/CCc1ccc(Cl)cc1)c1ccccc1. The van der Waals surface area contributed by atoms with E-state index < -0.39 is 5.97 Å². The van der Waals surface area contributed by atoms with Crippen molar-refractivity contribution in [2.45, 2.75) is 12.8 Å². The Labute approximate surface area is 123 Å². The van der Waals surface area contributed by atoms with Crippen molar-refractivity contribution in [3.05, 3.63) is 76.8 Å². The lowest BCUT2D eigenvalue weighted by Gasteiger charge is -2.09. The topological polar surface area (TPSA) is 40.1 Å². The fourth-order valence-corrected chi connectivity index (χ4v) is 2.15. The van der Waals surface area contributed by atoms with Crippen LogP contribution in [0.2, 0.25) is 5.02 Å². The van der Waals surface area contributed by atoms with Gasteiger partial charge in [-0.25, -0.2) is 0 Å². The van der Waals surface area contributed by atoms with Crippen LogP contribution in [0, 0.1) is 0 Å². The molecule has 0 saturated carbocycles. The maximum absolute atomic E-state index is 10.8. The quantitative estimate of drug-likeness (QED) is 0.792. The third kappa shape index (κ3) is 4.25. The molecular weight excluding hydrogens is 272 g/mol. The molecule has 0 heterocycles. The van der Waals surface area contributed by atoms with E-state index in [0.717, 1.165) is 23.1 Å². The number of hydrogen-bond donors (Lipinski definition) is 0. The van der Waals surface area contributed by atoms with Gasteiger partial charge in [-0.3, -0.25) is 0 Å². The average Bonchev–Trinajstić information content (AvgIpc) is 2.46. The number of benzene rings is 2. The standard InChI is InChI=1S/C17H15ClO2/c18-16-10-7-13(8-11-16)6-9-15(12-17(19)20)14-4-2-1-3-5-14/h1-5,7-8,10-12H,6,9H2,(H,19,20)/p-1/b15-12-. The monoisotopic (exact) mass is 285 g/mol. The van der Waals surface area contributed by atoms with Crippen molar-refractivity contribution in [3.63, 3.8) is 0 Å². The second-order valence-corrected chi connectivity index (χ2v) is 4.92. The van der Waals surface area contributed by atoms with Gasteiger partial charge in [0.25, 0.3) is 0 Å². The summed E-state index contributed by atoms with van der Waals surface area (Å²) >= 11 is 5.84. The zero-order valence-electron chi connectivity index (χ0n) is 10.9. The summed E-state index contributed by atoms with van der Waals surface area (Å²) in [6.07, 6.45) is 2.57. The summed E-state index contributed by atoms with van der Waals surface area (Å²) in [6, 6.07) is 17.0. The largest absolute Gasteiger partial charge is 0.545 e. The van der Waals surface area contributed by atoms with Crippen LogP contribution in [-0.2, 0) is 11.2 Å². The van der Waals surface area contributed by atoms with Crippen molar-refractivity contribution >= 4 is 23.1 Å². The number of carbonyl (C=O) groups is 1. The lowest BCUT2D eigenvalue weighted by Crippen LogP contribution is -2.19. The molecule has 0 aromatic heterocycles. The first-order valence-corrected chi connectivity index (χ1v) is 6.74. The lowest BCUT2D eigenvalue weighted by atomic mass is 9.98. The first-order valence-electron chi connectivity index (χ1n) is 6.36. The van der Waals surface area contributed by atoms with Crippen LogP contribution in [0.3, 0.4) is 0 Å². The number of carbonyl (C=O) groups excluding carboxylic acids is 1. The van der Waals surface area contributed by atoms with E-state index in [1.165, 1.54) is 6.08 Å². The van der Waals surface area contributed by atoms with Gasteiger partial charge in [-0.2, -0.15) is 0 Å². The second kappa shape index (κ2) is 6.92. The molecule has 0 bridgehead atoms. The minimum absolute atomic E-state index is 0.639. The molecule has 2 aromatic carbocycles. The van der Waals surface area contributed by atoms with Crippen LogP contribution in [0.15, 0.2) is 60.7 Å². The highest BCUT2D eigenvalue weighted by molar-refractivity contribution is 6.30. The predicted molar refractivity (Wildman–Crippen MR) is 79.2 cm³/mol. The Morgan fingerprint density at radius 1 is 1.05 bits per heavy atom. The molecule has 0 atom stereocenters. The summed E-state index contributed by atoms with van der Waals surface area (Å²) in [5, 5.41) is 11.5. The Kier molecular flexibility index (Phi) is 4.97. The molecule has 0 unspecified atom stereocenters. The summed E-state index contributed by atoms with van der Waals surface area (Å²) in [7, 11) is 0. The van der Waals surface area contributed by atoms with Gasteiger partial charge in [0.1, 0.15) is 0 Å². The van der Waals surface area contributed by atoms with E-state index in [1.807, 2.05) is 54.6 Å². The lowest BCUT2D eigenvalue weighted by molar-refractivity contribution is -0.297. The summed E-state index contributed by atoms with van der Waals surface area (Å²) in [5.41, 5.74) is 2.79. The van der Waals surface area contributed by atoms with Crippen LogP contribution in [0.25, 0.3) is 5.57 Å². The molecule has 0 saturated heterocycles. The van der Waals surface area contributed by atoms with Crippen molar-refractivity contribution < 1.29 is 9.90 Å². The number of rotatable bonds is 5. The molecule has 0 spiro atoms. The Bertz CT molecular complexity index is 601.